The highest BCUT2D eigenvalue weighted by Gasteiger charge is 2.17. The molecule has 0 saturated heterocycles. The summed E-state index contributed by atoms with van der Waals surface area (Å²) in [6, 6.07) is 8.80. The van der Waals surface area contributed by atoms with Gasteiger partial charge in [-0.15, -0.1) is 11.3 Å². The van der Waals surface area contributed by atoms with Crippen molar-refractivity contribution in [3.05, 3.63) is 75.1 Å². The number of aromatic nitrogens is 2. The number of aryl methyl sites for hydroxylation is 1. The lowest BCUT2D eigenvalue weighted by Crippen LogP contribution is -2.09. The topological polar surface area (TPSA) is 45.8 Å². The molecule has 2 aromatic heterocycles. The third kappa shape index (κ3) is 2.80. The van der Waals surface area contributed by atoms with Gasteiger partial charge in [-0.1, -0.05) is 12.1 Å². The van der Waals surface area contributed by atoms with Crippen molar-refractivity contribution in [3.63, 3.8) is 0 Å². The van der Waals surface area contributed by atoms with E-state index in [-0.39, 0.29) is 17.2 Å². The molecule has 0 radical (unpaired) electrons. The summed E-state index contributed by atoms with van der Waals surface area (Å²) in [7, 11) is 0. The number of H-pyrrole nitrogens is 1. The summed E-state index contributed by atoms with van der Waals surface area (Å²) in [5.41, 5.74) is 1.11. The molecule has 1 N–H and O–H groups in total. The molecule has 0 spiro atoms. The molecule has 2 heterocycles. The lowest BCUT2D eigenvalue weighted by Gasteiger charge is -2.04. The van der Waals surface area contributed by atoms with Crippen molar-refractivity contribution in [2.75, 3.05) is 0 Å². The number of benzene rings is 2. The number of rotatable bonds is 2. The van der Waals surface area contributed by atoms with E-state index in [9.17, 15) is 18.0 Å². The Hall–Kier alpha value is -2.93. The predicted octanol–water partition coefficient (Wildman–Crippen LogP) is 5.04. The number of nitrogens with zero attached hydrogens (tertiary/aromatic N) is 1. The van der Waals surface area contributed by atoms with Crippen molar-refractivity contribution in [2.24, 2.45) is 0 Å². The Labute approximate surface area is 149 Å². The lowest BCUT2D eigenvalue weighted by atomic mass is 10.0. The minimum absolute atomic E-state index is 0.0906. The number of thiophene rings is 1. The van der Waals surface area contributed by atoms with Gasteiger partial charge < -0.3 is 4.98 Å². The Morgan fingerprint density at radius 2 is 1.58 bits per heavy atom. The Morgan fingerprint density at radius 3 is 2.23 bits per heavy atom. The van der Waals surface area contributed by atoms with E-state index in [1.165, 1.54) is 23.5 Å². The van der Waals surface area contributed by atoms with Crippen LogP contribution in [0, 0.1) is 24.4 Å². The predicted molar refractivity (Wildman–Crippen MR) is 95.7 cm³/mol. The van der Waals surface area contributed by atoms with Crippen molar-refractivity contribution in [3.8, 4) is 22.5 Å². The third-order valence-electron chi connectivity index (χ3n) is 4.01. The maximum absolute atomic E-state index is 13.5. The summed E-state index contributed by atoms with van der Waals surface area (Å²) >= 11 is 1.30. The molecule has 0 unspecified atom stereocenters. The van der Waals surface area contributed by atoms with Crippen molar-refractivity contribution in [1.82, 2.24) is 9.97 Å². The highest BCUT2D eigenvalue weighted by atomic mass is 32.1. The molecule has 0 aliphatic heterocycles. The minimum atomic E-state index is -0.753. The molecule has 0 atom stereocenters. The number of hydrogen-bond donors (Lipinski definition) is 1. The second-order valence-electron chi connectivity index (χ2n) is 5.79. The van der Waals surface area contributed by atoms with Gasteiger partial charge in [-0.3, -0.25) is 4.79 Å². The van der Waals surface area contributed by atoms with Gasteiger partial charge in [0.1, 0.15) is 28.1 Å². The van der Waals surface area contributed by atoms with Gasteiger partial charge in [-0.2, -0.15) is 0 Å². The first-order valence-electron chi connectivity index (χ1n) is 7.68. The first-order valence-corrected chi connectivity index (χ1v) is 8.50. The van der Waals surface area contributed by atoms with Crippen LogP contribution >= 0.6 is 11.3 Å². The lowest BCUT2D eigenvalue weighted by molar-refractivity contribution is 0.584. The fourth-order valence-electron chi connectivity index (χ4n) is 2.91. The fraction of sp³-hybridized carbons (Fsp3) is 0.0526. The Bertz CT molecular complexity index is 1180. The third-order valence-corrected chi connectivity index (χ3v) is 5.01. The van der Waals surface area contributed by atoms with Gasteiger partial charge in [-0.05, 0) is 36.8 Å². The standard InChI is InChI=1S/C19H11F3N2OS/c1-9-15(10-2-4-12(20)5-3-10)16-18(25)23-17(24-19(16)26-9)11-6-13(21)8-14(22)7-11/h2-8H,1H3,(H,23,24,25). The van der Waals surface area contributed by atoms with Gasteiger partial charge in [0.05, 0.1) is 5.39 Å². The van der Waals surface area contributed by atoms with Crippen LogP contribution in [0.4, 0.5) is 13.2 Å². The van der Waals surface area contributed by atoms with Crippen LogP contribution in [-0.2, 0) is 0 Å². The van der Waals surface area contributed by atoms with Crippen LogP contribution in [0.1, 0.15) is 4.88 Å². The monoisotopic (exact) mass is 372 g/mol. The molecule has 0 bridgehead atoms. The smallest absolute Gasteiger partial charge is 0.260 e. The molecule has 4 rings (SSSR count). The van der Waals surface area contributed by atoms with Crippen LogP contribution in [-0.4, -0.2) is 9.97 Å². The zero-order valence-corrected chi connectivity index (χ0v) is 14.3. The molecule has 7 heteroatoms. The van der Waals surface area contributed by atoms with E-state index in [1.54, 1.807) is 12.1 Å². The first kappa shape index (κ1) is 16.5. The van der Waals surface area contributed by atoms with Gasteiger partial charge in [-0.25, -0.2) is 18.2 Å². The molecule has 0 fully saturated rings. The number of halogens is 3. The quantitative estimate of drug-likeness (QED) is 0.536. The zero-order chi connectivity index (χ0) is 18.4. The molecule has 4 aromatic rings. The van der Waals surface area contributed by atoms with Gasteiger partial charge in [0.25, 0.3) is 5.56 Å². The van der Waals surface area contributed by atoms with Crippen LogP contribution in [0.3, 0.4) is 0 Å². The summed E-state index contributed by atoms with van der Waals surface area (Å²) < 4.78 is 40.1. The summed E-state index contributed by atoms with van der Waals surface area (Å²) in [5, 5.41) is 0.375. The molecular weight excluding hydrogens is 361 g/mol. The number of aromatic amines is 1. The summed E-state index contributed by atoms with van der Waals surface area (Å²) in [6.45, 7) is 1.84. The van der Waals surface area contributed by atoms with E-state index in [1.807, 2.05) is 6.92 Å². The largest absolute Gasteiger partial charge is 0.306 e. The average Bonchev–Trinajstić information content (AvgIpc) is 2.91. The van der Waals surface area contributed by atoms with Crippen LogP contribution in [0.25, 0.3) is 32.7 Å². The second-order valence-corrected chi connectivity index (χ2v) is 7.00. The summed E-state index contributed by atoms with van der Waals surface area (Å²) in [5.74, 6) is -1.78. The molecule has 3 nitrogen and oxygen atoms in total. The van der Waals surface area contributed by atoms with E-state index in [4.69, 9.17) is 0 Å². The Kier molecular flexibility index (Phi) is 3.88. The van der Waals surface area contributed by atoms with Crippen molar-refractivity contribution < 1.29 is 13.2 Å². The molecule has 26 heavy (non-hydrogen) atoms. The highest BCUT2D eigenvalue weighted by molar-refractivity contribution is 7.19. The number of fused-ring (bicyclic) bond motifs is 1. The average molecular weight is 372 g/mol. The molecule has 0 saturated carbocycles. The van der Waals surface area contributed by atoms with Gasteiger partial charge in [0, 0.05) is 22.1 Å². The van der Waals surface area contributed by atoms with E-state index in [0.717, 1.165) is 23.1 Å². The molecule has 0 amide bonds. The highest BCUT2D eigenvalue weighted by Crippen LogP contribution is 2.36. The van der Waals surface area contributed by atoms with E-state index >= 15 is 0 Å². The van der Waals surface area contributed by atoms with E-state index < -0.39 is 17.2 Å². The van der Waals surface area contributed by atoms with Crippen LogP contribution in [0.5, 0.6) is 0 Å². The maximum atomic E-state index is 13.5. The van der Waals surface area contributed by atoms with Crippen LogP contribution in [0.2, 0.25) is 0 Å². The Balaban J connectivity index is 1.95. The molecule has 0 aliphatic carbocycles. The van der Waals surface area contributed by atoms with Crippen molar-refractivity contribution in [1.29, 1.82) is 0 Å². The number of nitrogens with one attached hydrogen (secondary N) is 1. The molecular formula is C19H11F3N2OS. The Morgan fingerprint density at radius 1 is 0.923 bits per heavy atom. The molecule has 2 aromatic carbocycles. The maximum Gasteiger partial charge on any atom is 0.260 e. The van der Waals surface area contributed by atoms with Crippen molar-refractivity contribution >= 4 is 21.6 Å². The minimum Gasteiger partial charge on any atom is -0.306 e. The normalized spacial score (nSPS) is 11.2. The number of hydrogen-bond acceptors (Lipinski definition) is 3. The van der Waals surface area contributed by atoms with Gasteiger partial charge in [0.2, 0.25) is 0 Å². The van der Waals surface area contributed by atoms with Crippen molar-refractivity contribution in [2.45, 2.75) is 6.92 Å². The van der Waals surface area contributed by atoms with Crippen LogP contribution < -0.4 is 5.56 Å². The fourth-order valence-corrected chi connectivity index (χ4v) is 3.96. The van der Waals surface area contributed by atoms with Gasteiger partial charge >= 0.3 is 0 Å². The first-order chi connectivity index (χ1) is 12.4. The second kappa shape index (κ2) is 6.10. The summed E-state index contributed by atoms with van der Waals surface area (Å²) in [6.07, 6.45) is 0. The van der Waals surface area contributed by atoms with E-state index in [2.05, 4.69) is 9.97 Å². The zero-order valence-electron chi connectivity index (χ0n) is 13.4. The van der Waals surface area contributed by atoms with Gasteiger partial charge in [0.15, 0.2) is 0 Å². The molecule has 0 aliphatic rings. The SMILES string of the molecule is Cc1sc2nc(-c3cc(F)cc(F)c3)[nH]c(=O)c2c1-c1ccc(F)cc1. The van der Waals surface area contributed by atoms with Crippen LogP contribution in [0.15, 0.2) is 47.3 Å². The molecule has 130 valence electrons. The summed E-state index contributed by atoms with van der Waals surface area (Å²) in [4.78, 5) is 20.9. The van der Waals surface area contributed by atoms with E-state index in [0.29, 0.717) is 21.3 Å².